The van der Waals surface area contributed by atoms with E-state index in [1.165, 1.54) is 6.07 Å². The molecule has 0 unspecified atom stereocenters. The lowest BCUT2D eigenvalue weighted by atomic mass is 10.2. The van der Waals surface area contributed by atoms with Crippen LogP contribution in [0.5, 0.6) is 5.75 Å². The monoisotopic (exact) mass is 287 g/mol. The molecule has 0 aliphatic rings. The van der Waals surface area contributed by atoms with Crippen molar-refractivity contribution in [1.82, 2.24) is 5.32 Å². The second kappa shape index (κ2) is 7.43. The maximum Gasteiger partial charge on any atom is 0.223 e. The first-order valence-electron chi connectivity index (χ1n) is 6.85. The van der Waals surface area contributed by atoms with Gasteiger partial charge in [0.2, 0.25) is 5.91 Å². The average molecular weight is 287 g/mol. The fourth-order valence-corrected chi connectivity index (χ4v) is 1.82. The van der Waals surface area contributed by atoms with Crippen molar-refractivity contribution >= 4 is 5.91 Å². The molecule has 2 aromatic rings. The predicted molar refractivity (Wildman–Crippen MR) is 79.5 cm³/mol. The number of ether oxygens (including phenoxy) is 1. The van der Waals surface area contributed by atoms with Gasteiger partial charge in [0.1, 0.15) is 11.6 Å². The van der Waals surface area contributed by atoms with E-state index in [1.807, 2.05) is 31.2 Å². The zero-order chi connectivity index (χ0) is 15.1. The van der Waals surface area contributed by atoms with Crippen molar-refractivity contribution in [2.45, 2.75) is 19.9 Å². The molecule has 0 atom stereocenters. The fourth-order valence-electron chi connectivity index (χ4n) is 1.82. The van der Waals surface area contributed by atoms with Gasteiger partial charge >= 0.3 is 0 Å². The van der Waals surface area contributed by atoms with E-state index >= 15 is 0 Å². The van der Waals surface area contributed by atoms with E-state index in [1.54, 1.807) is 18.2 Å². The molecule has 2 rings (SSSR count). The van der Waals surface area contributed by atoms with Gasteiger partial charge in [0.15, 0.2) is 0 Å². The maximum absolute atomic E-state index is 13.4. The average Bonchev–Trinajstić information content (AvgIpc) is 2.48. The van der Waals surface area contributed by atoms with Gasteiger partial charge in [-0.2, -0.15) is 0 Å². The molecular weight excluding hydrogens is 269 g/mol. The topological polar surface area (TPSA) is 38.3 Å². The van der Waals surface area contributed by atoms with Gasteiger partial charge in [-0.15, -0.1) is 0 Å². The van der Waals surface area contributed by atoms with Crippen molar-refractivity contribution in [3.8, 4) is 5.75 Å². The summed E-state index contributed by atoms with van der Waals surface area (Å²) in [5.74, 6) is 0.265. The van der Waals surface area contributed by atoms with E-state index in [4.69, 9.17) is 4.74 Å². The van der Waals surface area contributed by atoms with Crippen LogP contribution in [0.1, 0.15) is 17.5 Å². The van der Waals surface area contributed by atoms with Crippen LogP contribution in [0, 0.1) is 12.7 Å². The smallest absolute Gasteiger partial charge is 0.223 e. The lowest BCUT2D eigenvalue weighted by Gasteiger charge is -2.08. The maximum atomic E-state index is 13.4. The Bertz CT molecular complexity index is 596. The molecule has 0 heterocycles. The van der Waals surface area contributed by atoms with Crippen molar-refractivity contribution in [3.05, 3.63) is 65.5 Å². The lowest BCUT2D eigenvalue weighted by Crippen LogP contribution is -2.24. The van der Waals surface area contributed by atoms with Gasteiger partial charge in [0.25, 0.3) is 0 Å². The Balaban J connectivity index is 1.70. The first-order chi connectivity index (χ1) is 10.1. The van der Waals surface area contributed by atoms with Crippen LogP contribution in [0.3, 0.4) is 0 Å². The summed E-state index contributed by atoms with van der Waals surface area (Å²) in [6, 6.07) is 14.0. The normalized spacial score (nSPS) is 10.2. The number of rotatable bonds is 6. The van der Waals surface area contributed by atoms with Crippen LogP contribution in [0.15, 0.2) is 48.5 Å². The van der Waals surface area contributed by atoms with Crippen molar-refractivity contribution in [1.29, 1.82) is 0 Å². The highest BCUT2D eigenvalue weighted by Crippen LogP contribution is 2.11. The number of halogens is 1. The van der Waals surface area contributed by atoms with Crippen molar-refractivity contribution in [2.75, 3.05) is 6.61 Å². The molecule has 2 aromatic carbocycles. The van der Waals surface area contributed by atoms with E-state index in [2.05, 4.69) is 5.32 Å². The second-order valence-corrected chi connectivity index (χ2v) is 4.78. The Kier molecular flexibility index (Phi) is 5.32. The summed E-state index contributed by atoms with van der Waals surface area (Å²) >= 11 is 0. The Hall–Kier alpha value is -2.36. The van der Waals surface area contributed by atoms with Crippen LogP contribution in [0.2, 0.25) is 0 Å². The quantitative estimate of drug-likeness (QED) is 0.886. The van der Waals surface area contributed by atoms with Crippen molar-refractivity contribution < 1.29 is 13.9 Å². The summed E-state index contributed by atoms with van der Waals surface area (Å²) in [6.07, 6.45) is 0.238. The van der Waals surface area contributed by atoms with Crippen LogP contribution < -0.4 is 10.1 Å². The molecule has 0 aliphatic carbocycles. The van der Waals surface area contributed by atoms with E-state index in [-0.39, 0.29) is 24.7 Å². The van der Waals surface area contributed by atoms with Gasteiger partial charge in [-0.3, -0.25) is 4.79 Å². The molecule has 0 aromatic heterocycles. The molecule has 1 amide bonds. The number of aryl methyl sites for hydroxylation is 1. The second-order valence-electron chi connectivity index (χ2n) is 4.78. The van der Waals surface area contributed by atoms with Crippen LogP contribution >= 0.6 is 0 Å². The van der Waals surface area contributed by atoms with Gasteiger partial charge in [-0.05, 0) is 25.1 Å². The molecule has 110 valence electrons. The number of hydrogen-bond acceptors (Lipinski definition) is 2. The third kappa shape index (κ3) is 4.91. The molecule has 0 spiro atoms. The number of amides is 1. The summed E-state index contributed by atoms with van der Waals surface area (Å²) in [4.78, 5) is 11.7. The van der Waals surface area contributed by atoms with Gasteiger partial charge in [-0.25, -0.2) is 4.39 Å². The highest BCUT2D eigenvalue weighted by atomic mass is 19.1. The fraction of sp³-hybridized carbons (Fsp3) is 0.235. The van der Waals surface area contributed by atoms with Gasteiger partial charge in [-0.1, -0.05) is 35.9 Å². The van der Waals surface area contributed by atoms with E-state index in [0.29, 0.717) is 12.2 Å². The summed E-state index contributed by atoms with van der Waals surface area (Å²) < 4.78 is 18.8. The Morgan fingerprint density at radius 2 is 1.86 bits per heavy atom. The Morgan fingerprint density at radius 1 is 1.14 bits per heavy atom. The third-order valence-corrected chi connectivity index (χ3v) is 3.05. The van der Waals surface area contributed by atoms with Gasteiger partial charge < -0.3 is 10.1 Å². The minimum atomic E-state index is -0.311. The molecule has 1 N–H and O–H groups in total. The van der Waals surface area contributed by atoms with Crippen molar-refractivity contribution in [2.24, 2.45) is 0 Å². The van der Waals surface area contributed by atoms with Crippen LogP contribution in [-0.2, 0) is 11.3 Å². The highest BCUT2D eigenvalue weighted by molar-refractivity contribution is 5.76. The van der Waals surface area contributed by atoms with Crippen molar-refractivity contribution in [3.63, 3.8) is 0 Å². The molecule has 4 heteroatoms. The van der Waals surface area contributed by atoms with E-state index in [9.17, 15) is 9.18 Å². The minimum absolute atomic E-state index is 0.162. The van der Waals surface area contributed by atoms with Crippen LogP contribution in [-0.4, -0.2) is 12.5 Å². The van der Waals surface area contributed by atoms with E-state index < -0.39 is 0 Å². The predicted octanol–water partition coefficient (Wildman–Crippen LogP) is 3.22. The summed E-state index contributed by atoms with van der Waals surface area (Å²) in [6.45, 7) is 2.49. The SMILES string of the molecule is Cc1ccc(OCCC(=O)NCc2ccccc2F)cc1. The largest absolute Gasteiger partial charge is 0.493 e. The number of carbonyl (C=O) groups is 1. The molecule has 0 radical (unpaired) electrons. The Labute approximate surface area is 123 Å². The van der Waals surface area contributed by atoms with Gasteiger partial charge in [0.05, 0.1) is 13.0 Å². The number of nitrogens with one attached hydrogen (secondary N) is 1. The molecule has 3 nitrogen and oxygen atoms in total. The zero-order valence-electron chi connectivity index (χ0n) is 11.9. The Morgan fingerprint density at radius 3 is 2.57 bits per heavy atom. The lowest BCUT2D eigenvalue weighted by molar-refractivity contribution is -0.121. The third-order valence-electron chi connectivity index (χ3n) is 3.05. The molecule has 0 saturated carbocycles. The molecule has 0 fully saturated rings. The first-order valence-corrected chi connectivity index (χ1v) is 6.85. The van der Waals surface area contributed by atoms with Gasteiger partial charge in [0, 0.05) is 12.1 Å². The molecule has 0 aliphatic heterocycles. The highest BCUT2D eigenvalue weighted by Gasteiger charge is 2.05. The molecular formula is C17H18FNO2. The summed E-state index contributed by atoms with van der Waals surface area (Å²) in [5, 5.41) is 2.68. The molecule has 21 heavy (non-hydrogen) atoms. The van der Waals surface area contributed by atoms with E-state index in [0.717, 1.165) is 11.3 Å². The number of hydrogen-bond donors (Lipinski definition) is 1. The summed E-state index contributed by atoms with van der Waals surface area (Å²) in [5.41, 5.74) is 1.63. The summed E-state index contributed by atoms with van der Waals surface area (Å²) in [7, 11) is 0. The molecule has 0 bridgehead atoms. The first kappa shape index (κ1) is 15.0. The number of benzene rings is 2. The van der Waals surface area contributed by atoms with Crippen LogP contribution in [0.25, 0.3) is 0 Å². The number of carbonyl (C=O) groups excluding carboxylic acids is 1. The zero-order valence-corrected chi connectivity index (χ0v) is 11.9. The minimum Gasteiger partial charge on any atom is -0.493 e. The van der Waals surface area contributed by atoms with Crippen LogP contribution in [0.4, 0.5) is 4.39 Å². The molecule has 0 saturated heterocycles. The standard InChI is InChI=1S/C17H18FNO2/c1-13-6-8-15(9-7-13)21-11-10-17(20)19-12-14-4-2-3-5-16(14)18/h2-9H,10-12H2,1H3,(H,19,20).